The number of carbonyl (C=O) groups is 1. The second-order valence-corrected chi connectivity index (χ2v) is 6.12. The van der Waals surface area contributed by atoms with Gasteiger partial charge in [-0.05, 0) is 36.5 Å². The van der Waals surface area contributed by atoms with Crippen molar-refractivity contribution in [3.05, 3.63) is 34.6 Å². The smallest absolute Gasteiger partial charge is 0.251 e. The van der Waals surface area contributed by atoms with Crippen LogP contribution in [0.2, 0.25) is 5.02 Å². The number of nitrogens with one attached hydrogen (secondary N) is 1. The average Bonchev–Trinajstić information content (AvgIpc) is 2.89. The standard InChI is InChI=1S/C14H16BrClFNO/c15-8-14(5-1-2-6-14)9-18-13(19)10-3-4-12(17)11(16)7-10/h3-4,7H,1-2,5-6,8-9H2,(H,18,19). The van der Waals surface area contributed by atoms with Gasteiger partial charge in [-0.3, -0.25) is 4.79 Å². The molecule has 5 heteroatoms. The van der Waals surface area contributed by atoms with E-state index in [0.29, 0.717) is 12.1 Å². The summed E-state index contributed by atoms with van der Waals surface area (Å²) in [4.78, 5) is 12.0. The molecule has 1 amide bonds. The van der Waals surface area contributed by atoms with E-state index in [1.54, 1.807) is 0 Å². The highest BCUT2D eigenvalue weighted by atomic mass is 79.9. The van der Waals surface area contributed by atoms with Crippen molar-refractivity contribution < 1.29 is 9.18 Å². The first-order chi connectivity index (χ1) is 9.06. The maximum Gasteiger partial charge on any atom is 0.251 e. The van der Waals surface area contributed by atoms with E-state index >= 15 is 0 Å². The molecule has 2 nitrogen and oxygen atoms in total. The Labute approximate surface area is 125 Å². The Morgan fingerprint density at radius 3 is 2.68 bits per heavy atom. The van der Waals surface area contributed by atoms with E-state index in [4.69, 9.17) is 11.6 Å². The molecule has 1 N–H and O–H groups in total. The van der Waals surface area contributed by atoms with Crippen molar-refractivity contribution in [2.45, 2.75) is 25.7 Å². The Morgan fingerprint density at radius 1 is 1.42 bits per heavy atom. The minimum atomic E-state index is -0.508. The molecule has 1 aromatic carbocycles. The van der Waals surface area contributed by atoms with Crippen molar-refractivity contribution >= 4 is 33.4 Å². The van der Waals surface area contributed by atoms with Crippen LogP contribution in [0.3, 0.4) is 0 Å². The summed E-state index contributed by atoms with van der Waals surface area (Å²) >= 11 is 9.22. The Balaban J connectivity index is 1.99. The van der Waals surface area contributed by atoms with Crippen molar-refractivity contribution in [2.24, 2.45) is 5.41 Å². The third-order valence-corrected chi connectivity index (χ3v) is 5.23. The van der Waals surface area contributed by atoms with E-state index in [9.17, 15) is 9.18 Å². The van der Waals surface area contributed by atoms with E-state index in [0.717, 1.165) is 18.2 Å². The monoisotopic (exact) mass is 347 g/mol. The first-order valence-corrected chi connectivity index (χ1v) is 7.85. The molecule has 104 valence electrons. The van der Waals surface area contributed by atoms with Crippen LogP contribution in [0.5, 0.6) is 0 Å². The predicted octanol–water partition coefficient (Wildman–Crippen LogP) is 4.16. The molecule has 1 aromatic rings. The van der Waals surface area contributed by atoms with Gasteiger partial charge in [0.05, 0.1) is 5.02 Å². The summed E-state index contributed by atoms with van der Waals surface area (Å²) in [5, 5.41) is 3.80. The molecular weight excluding hydrogens is 333 g/mol. The van der Waals surface area contributed by atoms with Gasteiger partial charge in [-0.15, -0.1) is 0 Å². The highest BCUT2D eigenvalue weighted by molar-refractivity contribution is 9.09. The topological polar surface area (TPSA) is 29.1 Å². The summed E-state index contributed by atoms with van der Waals surface area (Å²) < 4.78 is 13.0. The van der Waals surface area contributed by atoms with Crippen LogP contribution < -0.4 is 5.32 Å². The number of amides is 1. The van der Waals surface area contributed by atoms with Crippen LogP contribution in [-0.2, 0) is 0 Å². The molecule has 1 aliphatic carbocycles. The summed E-state index contributed by atoms with van der Waals surface area (Å²) in [7, 11) is 0. The van der Waals surface area contributed by atoms with Gasteiger partial charge in [-0.25, -0.2) is 4.39 Å². The summed E-state index contributed by atoms with van der Waals surface area (Å²) in [6.45, 7) is 0.645. The molecule has 2 rings (SSSR count). The van der Waals surface area contributed by atoms with E-state index in [1.165, 1.54) is 31.0 Å². The lowest BCUT2D eigenvalue weighted by molar-refractivity contribution is 0.0935. The second kappa shape index (κ2) is 6.23. The average molecular weight is 349 g/mol. The zero-order chi connectivity index (χ0) is 13.9. The molecule has 19 heavy (non-hydrogen) atoms. The van der Waals surface area contributed by atoms with Crippen molar-refractivity contribution in [2.75, 3.05) is 11.9 Å². The van der Waals surface area contributed by atoms with Crippen LogP contribution in [0.1, 0.15) is 36.0 Å². The minimum Gasteiger partial charge on any atom is -0.351 e. The van der Waals surface area contributed by atoms with Gasteiger partial charge in [0.2, 0.25) is 0 Å². The molecule has 0 aliphatic heterocycles. The van der Waals surface area contributed by atoms with Crippen molar-refractivity contribution in [3.8, 4) is 0 Å². The van der Waals surface area contributed by atoms with Crippen molar-refractivity contribution in [3.63, 3.8) is 0 Å². The van der Waals surface area contributed by atoms with Crippen LogP contribution in [0.15, 0.2) is 18.2 Å². The van der Waals surface area contributed by atoms with Gasteiger partial charge < -0.3 is 5.32 Å². The molecule has 0 bridgehead atoms. The van der Waals surface area contributed by atoms with Gasteiger partial charge in [0.15, 0.2) is 0 Å². The van der Waals surface area contributed by atoms with E-state index in [-0.39, 0.29) is 16.3 Å². The van der Waals surface area contributed by atoms with Crippen LogP contribution >= 0.6 is 27.5 Å². The SMILES string of the molecule is O=C(NCC1(CBr)CCCC1)c1ccc(F)c(Cl)c1. The first-order valence-electron chi connectivity index (χ1n) is 6.36. The fourth-order valence-corrected chi connectivity index (χ4v) is 3.43. The lowest BCUT2D eigenvalue weighted by atomic mass is 9.89. The molecule has 0 unspecified atom stereocenters. The van der Waals surface area contributed by atoms with Gasteiger partial charge in [0.1, 0.15) is 5.82 Å². The lowest BCUT2D eigenvalue weighted by Gasteiger charge is -2.26. The van der Waals surface area contributed by atoms with E-state index < -0.39 is 5.82 Å². The summed E-state index contributed by atoms with van der Waals surface area (Å²) in [6.07, 6.45) is 4.68. The van der Waals surface area contributed by atoms with Crippen LogP contribution in [0, 0.1) is 11.2 Å². The molecule has 0 radical (unpaired) electrons. The number of hydrogen-bond acceptors (Lipinski definition) is 1. The number of alkyl halides is 1. The number of hydrogen-bond donors (Lipinski definition) is 1. The zero-order valence-electron chi connectivity index (χ0n) is 10.5. The maximum atomic E-state index is 13.0. The number of benzene rings is 1. The summed E-state index contributed by atoms with van der Waals surface area (Å²) in [6, 6.07) is 4.03. The molecule has 1 aliphatic rings. The third-order valence-electron chi connectivity index (χ3n) is 3.75. The largest absolute Gasteiger partial charge is 0.351 e. The Bertz CT molecular complexity index is 475. The van der Waals surface area contributed by atoms with E-state index in [1.807, 2.05) is 0 Å². The number of halogens is 3. The fraction of sp³-hybridized carbons (Fsp3) is 0.500. The molecule has 0 atom stereocenters. The summed E-state index contributed by atoms with van der Waals surface area (Å²) in [5.74, 6) is -0.708. The van der Waals surface area contributed by atoms with Gasteiger partial charge in [-0.2, -0.15) is 0 Å². The molecule has 1 saturated carbocycles. The van der Waals surface area contributed by atoms with Crippen molar-refractivity contribution in [1.29, 1.82) is 0 Å². The number of carbonyl (C=O) groups excluding carboxylic acids is 1. The molecule has 1 fully saturated rings. The molecule has 0 heterocycles. The van der Waals surface area contributed by atoms with Crippen LogP contribution in [-0.4, -0.2) is 17.8 Å². The normalized spacial score (nSPS) is 17.4. The Hall–Kier alpha value is -0.610. The molecule has 0 spiro atoms. The van der Waals surface area contributed by atoms with Crippen LogP contribution in [0.25, 0.3) is 0 Å². The maximum absolute atomic E-state index is 13.0. The first kappa shape index (κ1) is 14.8. The second-order valence-electron chi connectivity index (χ2n) is 5.15. The van der Waals surface area contributed by atoms with Gasteiger partial charge >= 0.3 is 0 Å². The van der Waals surface area contributed by atoms with Gasteiger partial charge in [-0.1, -0.05) is 40.4 Å². The minimum absolute atomic E-state index is 0.0243. The van der Waals surface area contributed by atoms with Crippen molar-refractivity contribution in [1.82, 2.24) is 5.32 Å². The molecular formula is C14H16BrClFNO. The van der Waals surface area contributed by atoms with Gasteiger partial charge in [0, 0.05) is 17.4 Å². The molecule has 0 saturated heterocycles. The highest BCUT2D eigenvalue weighted by Crippen LogP contribution is 2.39. The van der Waals surface area contributed by atoms with Gasteiger partial charge in [0.25, 0.3) is 5.91 Å². The molecule has 0 aromatic heterocycles. The Morgan fingerprint density at radius 2 is 2.11 bits per heavy atom. The lowest BCUT2D eigenvalue weighted by Crippen LogP contribution is -2.37. The highest BCUT2D eigenvalue weighted by Gasteiger charge is 2.33. The zero-order valence-corrected chi connectivity index (χ0v) is 12.9. The fourth-order valence-electron chi connectivity index (χ4n) is 2.49. The summed E-state index contributed by atoms with van der Waals surface area (Å²) in [5.41, 5.74) is 0.563. The van der Waals surface area contributed by atoms with Crippen LogP contribution in [0.4, 0.5) is 4.39 Å². The third kappa shape index (κ3) is 3.48. The quantitative estimate of drug-likeness (QED) is 0.813. The predicted molar refractivity (Wildman–Crippen MR) is 78.4 cm³/mol. The number of rotatable bonds is 4. The van der Waals surface area contributed by atoms with E-state index in [2.05, 4.69) is 21.2 Å². The Kier molecular flexibility index (Phi) is 4.85.